The summed E-state index contributed by atoms with van der Waals surface area (Å²) in [5.41, 5.74) is 0. The Bertz CT molecular complexity index is 1740. The van der Waals surface area contributed by atoms with Gasteiger partial charge in [-0.1, -0.05) is 236 Å². The van der Waals surface area contributed by atoms with Gasteiger partial charge in [-0.05, 0) is 135 Å². The van der Waals surface area contributed by atoms with Crippen molar-refractivity contribution in [2.45, 2.75) is 226 Å². The second-order valence-electron chi connectivity index (χ2n) is 18.4. The van der Waals surface area contributed by atoms with Gasteiger partial charge in [-0.15, -0.1) is 0 Å². The average Bonchev–Trinajstić information content (AvgIpc) is 3.40. The summed E-state index contributed by atoms with van der Waals surface area (Å²) in [7, 11) is 0. The highest BCUT2D eigenvalue weighted by atomic mass is 16.6. The molecular weight excluding hydrogens is 913 g/mol. The van der Waals surface area contributed by atoms with Crippen LogP contribution in [0.25, 0.3) is 0 Å². The third kappa shape index (κ3) is 57.7. The van der Waals surface area contributed by atoms with E-state index in [0.29, 0.717) is 19.3 Å². The molecule has 0 saturated heterocycles. The largest absolute Gasteiger partial charge is 0.462 e. The van der Waals surface area contributed by atoms with Gasteiger partial charge in [0.25, 0.3) is 0 Å². The molecule has 0 saturated carbocycles. The van der Waals surface area contributed by atoms with Crippen LogP contribution in [0, 0.1) is 0 Å². The maximum atomic E-state index is 12.8. The summed E-state index contributed by atoms with van der Waals surface area (Å²) in [4.78, 5) is 38.1. The van der Waals surface area contributed by atoms with Crippen LogP contribution >= 0.6 is 0 Å². The average molecular weight is 1020 g/mol. The number of allylic oxidation sites excluding steroid dienone is 28. The maximum absolute atomic E-state index is 12.8. The lowest BCUT2D eigenvalue weighted by Crippen LogP contribution is -2.30. The van der Waals surface area contributed by atoms with Crippen molar-refractivity contribution in [1.82, 2.24) is 0 Å². The lowest BCUT2D eigenvalue weighted by Gasteiger charge is -2.18. The Hall–Kier alpha value is -5.23. The van der Waals surface area contributed by atoms with E-state index in [0.717, 1.165) is 122 Å². The fourth-order valence-corrected chi connectivity index (χ4v) is 7.16. The first-order valence-electron chi connectivity index (χ1n) is 29.1. The summed E-state index contributed by atoms with van der Waals surface area (Å²) in [5, 5.41) is 0. The standard InChI is InChI=1S/C68H104O6/c1-4-7-10-13-16-19-22-25-28-30-32-33-34-35-37-38-40-43-46-49-52-55-58-61-67(70)73-64-65(63-72-66(69)60-57-54-51-48-45-42-27-24-21-18-15-12-9-6-3)74-68(71)62-59-56-53-50-47-44-41-39-36-31-29-26-23-20-17-14-11-8-5-2/h7-8,10-11,16-17,19-20,24-29,32-33,35-37,39-40,43-44,47,49,52-53,56,65H,4-6,9,12-15,18,21-23,30-31,34,38,41-42,45-46,48,50-51,54-55,57-64H2,1-3H3/b10-7-,11-8-,19-16-,20-17-,27-24-,28-25-,29-26-,33-32-,37-35-,39-36-,43-40-,47-44-,52-49-,56-53-. The van der Waals surface area contributed by atoms with Gasteiger partial charge in [-0.2, -0.15) is 0 Å². The first-order valence-corrected chi connectivity index (χ1v) is 29.1. The molecule has 0 aromatic heterocycles. The van der Waals surface area contributed by atoms with Gasteiger partial charge in [-0.25, -0.2) is 0 Å². The second-order valence-corrected chi connectivity index (χ2v) is 18.4. The molecule has 412 valence electrons. The quantitative estimate of drug-likeness (QED) is 0.0261. The topological polar surface area (TPSA) is 78.9 Å². The van der Waals surface area contributed by atoms with Crippen molar-refractivity contribution in [3.63, 3.8) is 0 Å². The molecule has 0 aromatic carbocycles. The SMILES string of the molecule is CC/C=C\C/C=C\C/C=C\C/C=C\C/C=C\C/C=C\C/C=C\CCCC(=O)OCC(COC(=O)CCCCCCC/C=C\CCCCCCC)OC(=O)CC/C=C\C/C=C\C/C=C\C/C=C\C/C=C\C/C=C\CC. The number of carbonyl (C=O) groups is 3. The molecule has 0 radical (unpaired) electrons. The molecule has 0 amide bonds. The highest BCUT2D eigenvalue weighted by Crippen LogP contribution is 2.12. The van der Waals surface area contributed by atoms with E-state index in [-0.39, 0.29) is 38.0 Å². The third-order valence-corrected chi connectivity index (χ3v) is 11.4. The van der Waals surface area contributed by atoms with Crippen LogP contribution in [0.2, 0.25) is 0 Å². The van der Waals surface area contributed by atoms with Crippen LogP contribution < -0.4 is 0 Å². The molecule has 0 spiro atoms. The van der Waals surface area contributed by atoms with Gasteiger partial charge < -0.3 is 14.2 Å². The molecule has 0 bridgehead atoms. The predicted molar refractivity (Wildman–Crippen MR) is 320 cm³/mol. The van der Waals surface area contributed by atoms with E-state index in [2.05, 4.69) is 179 Å². The van der Waals surface area contributed by atoms with Gasteiger partial charge in [-0.3, -0.25) is 14.4 Å². The second kappa shape index (κ2) is 60.3. The highest BCUT2D eigenvalue weighted by Gasteiger charge is 2.19. The highest BCUT2D eigenvalue weighted by molar-refractivity contribution is 5.71. The first kappa shape index (κ1) is 68.8. The Morgan fingerprint density at radius 2 is 0.568 bits per heavy atom. The van der Waals surface area contributed by atoms with Gasteiger partial charge in [0, 0.05) is 19.3 Å². The van der Waals surface area contributed by atoms with Crippen molar-refractivity contribution < 1.29 is 28.6 Å². The minimum absolute atomic E-state index is 0.139. The lowest BCUT2D eigenvalue weighted by molar-refractivity contribution is -0.166. The smallest absolute Gasteiger partial charge is 0.306 e. The molecule has 0 N–H and O–H groups in total. The minimum atomic E-state index is -0.855. The van der Waals surface area contributed by atoms with Crippen molar-refractivity contribution >= 4 is 17.9 Å². The van der Waals surface area contributed by atoms with Crippen molar-refractivity contribution in [2.75, 3.05) is 13.2 Å². The number of unbranched alkanes of at least 4 members (excludes halogenated alkanes) is 11. The number of ether oxygens (including phenoxy) is 3. The van der Waals surface area contributed by atoms with E-state index >= 15 is 0 Å². The molecule has 0 fully saturated rings. The molecule has 0 aromatic rings. The summed E-state index contributed by atoms with van der Waals surface area (Å²) >= 11 is 0. The molecule has 1 atom stereocenters. The van der Waals surface area contributed by atoms with Crippen LogP contribution in [-0.4, -0.2) is 37.2 Å². The molecule has 74 heavy (non-hydrogen) atoms. The van der Waals surface area contributed by atoms with Crippen LogP contribution in [0.1, 0.15) is 220 Å². The van der Waals surface area contributed by atoms with E-state index in [9.17, 15) is 14.4 Å². The summed E-state index contributed by atoms with van der Waals surface area (Å²) in [6, 6.07) is 0. The van der Waals surface area contributed by atoms with Gasteiger partial charge in [0.15, 0.2) is 6.10 Å². The van der Waals surface area contributed by atoms with Gasteiger partial charge in [0.1, 0.15) is 13.2 Å². The molecule has 0 aliphatic heterocycles. The number of hydrogen-bond acceptors (Lipinski definition) is 6. The van der Waals surface area contributed by atoms with Crippen LogP contribution in [0.5, 0.6) is 0 Å². The lowest BCUT2D eigenvalue weighted by atomic mass is 10.1. The number of rotatable bonds is 50. The molecule has 0 aliphatic rings. The Morgan fingerprint density at radius 3 is 0.946 bits per heavy atom. The predicted octanol–water partition coefficient (Wildman–Crippen LogP) is 19.9. The zero-order valence-corrected chi connectivity index (χ0v) is 47.0. The Balaban J connectivity index is 4.63. The number of hydrogen-bond donors (Lipinski definition) is 0. The molecule has 6 nitrogen and oxygen atoms in total. The van der Waals surface area contributed by atoms with Gasteiger partial charge >= 0.3 is 17.9 Å². The van der Waals surface area contributed by atoms with Crippen LogP contribution in [0.15, 0.2) is 170 Å². The Morgan fingerprint density at radius 1 is 0.284 bits per heavy atom. The summed E-state index contributed by atoms with van der Waals surface area (Å²) in [6.45, 7) is 6.26. The molecule has 0 heterocycles. The third-order valence-electron chi connectivity index (χ3n) is 11.4. The minimum Gasteiger partial charge on any atom is -0.462 e. The first-order chi connectivity index (χ1) is 36.5. The summed E-state index contributed by atoms with van der Waals surface area (Å²) in [5.74, 6) is -1.10. The number of carbonyl (C=O) groups excluding carboxylic acids is 3. The maximum Gasteiger partial charge on any atom is 0.306 e. The summed E-state index contributed by atoms with van der Waals surface area (Å²) < 4.78 is 16.7. The Labute approximate surface area is 453 Å². The van der Waals surface area contributed by atoms with E-state index in [4.69, 9.17) is 14.2 Å². The van der Waals surface area contributed by atoms with E-state index in [1.807, 2.05) is 12.2 Å². The number of esters is 3. The fraction of sp³-hybridized carbons (Fsp3) is 0.544. The van der Waals surface area contributed by atoms with Crippen LogP contribution in [-0.2, 0) is 28.6 Å². The van der Waals surface area contributed by atoms with Gasteiger partial charge in [0.05, 0.1) is 0 Å². The molecule has 0 aliphatic carbocycles. The molecular formula is C68H104O6. The van der Waals surface area contributed by atoms with E-state index < -0.39 is 12.1 Å². The molecule has 0 rings (SSSR count). The zero-order valence-electron chi connectivity index (χ0n) is 47.0. The van der Waals surface area contributed by atoms with Crippen molar-refractivity contribution in [2.24, 2.45) is 0 Å². The monoisotopic (exact) mass is 1020 g/mol. The van der Waals surface area contributed by atoms with Crippen LogP contribution in [0.3, 0.4) is 0 Å². The van der Waals surface area contributed by atoms with Gasteiger partial charge in [0.2, 0.25) is 0 Å². The fourth-order valence-electron chi connectivity index (χ4n) is 7.16. The van der Waals surface area contributed by atoms with E-state index in [1.165, 1.54) is 44.9 Å². The van der Waals surface area contributed by atoms with Crippen molar-refractivity contribution in [3.8, 4) is 0 Å². The summed E-state index contributed by atoms with van der Waals surface area (Å²) in [6.07, 6.45) is 89.3. The normalized spacial score (nSPS) is 13.4. The zero-order chi connectivity index (χ0) is 53.6. The molecule has 6 heteroatoms. The Kier molecular flexibility index (Phi) is 56.1. The van der Waals surface area contributed by atoms with E-state index in [1.54, 1.807) is 0 Å². The van der Waals surface area contributed by atoms with Crippen molar-refractivity contribution in [1.29, 1.82) is 0 Å². The van der Waals surface area contributed by atoms with Crippen LogP contribution in [0.4, 0.5) is 0 Å². The molecule has 1 unspecified atom stereocenters. The van der Waals surface area contributed by atoms with Crippen molar-refractivity contribution in [3.05, 3.63) is 170 Å².